The Morgan fingerprint density at radius 3 is 2.67 bits per heavy atom. The molecule has 0 unspecified atom stereocenters. The Morgan fingerprint density at radius 1 is 1.04 bits per heavy atom. The highest BCUT2D eigenvalue weighted by molar-refractivity contribution is 7.11. The van der Waals surface area contributed by atoms with E-state index in [0.29, 0.717) is 0 Å². The molecule has 0 aliphatic carbocycles. The van der Waals surface area contributed by atoms with Gasteiger partial charge in [-0.15, -0.1) is 11.3 Å². The number of pyridine rings is 1. The molecule has 3 aromatic rings. The van der Waals surface area contributed by atoms with Crippen LogP contribution in [0.25, 0.3) is 0 Å². The molecular weight excluding hydrogens is 356 g/mol. The van der Waals surface area contributed by atoms with Crippen LogP contribution in [0.2, 0.25) is 0 Å². The molecule has 1 atom stereocenters. The third kappa shape index (κ3) is 5.06. The zero-order chi connectivity index (χ0) is 18.5. The number of aromatic nitrogens is 1. The molecule has 4 nitrogen and oxygen atoms in total. The minimum atomic E-state index is 0.126. The summed E-state index contributed by atoms with van der Waals surface area (Å²) in [7, 11) is 0. The summed E-state index contributed by atoms with van der Waals surface area (Å²) in [4.78, 5) is 9.28. The van der Waals surface area contributed by atoms with Crippen LogP contribution in [0.5, 0.6) is 0 Å². The number of hydrogen-bond acceptors (Lipinski definition) is 5. The van der Waals surface area contributed by atoms with Crippen molar-refractivity contribution in [3.8, 4) is 0 Å². The van der Waals surface area contributed by atoms with Gasteiger partial charge in [-0.2, -0.15) is 0 Å². The second kappa shape index (κ2) is 8.83. The summed E-state index contributed by atoms with van der Waals surface area (Å²) in [6.45, 7) is 5.56. The highest BCUT2D eigenvalue weighted by atomic mass is 32.1. The number of rotatable bonds is 7. The van der Waals surface area contributed by atoms with Gasteiger partial charge in [0.05, 0.1) is 6.54 Å². The van der Waals surface area contributed by atoms with Crippen LogP contribution in [0.4, 0.5) is 0 Å². The molecule has 1 aliphatic heterocycles. The molecule has 142 valence electrons. The van der Waals surface area contributed by atoms with Crippen LogP contribution < -0.4 is 0 Å². The van der Waals surface area contributed by atoms with Gasteiger partial charge in [-0.25, -0.2) is 0 Å². The van der Waals surface area contributed by atoms with E-state index >= 15 is 0 Å². The van der Waals surface area contributed by atoms with E-state index in [2.05, 4.69) is 53.2 Å². The van der Waals surface area contributed by atoms with Gasteiger partial charge in [0.2, 0.25) is 0 Å². The molecule has 1 saturated heterocycles. The molecule has 0 bridgehead atoms. The topological polar surface area (TPSA) is 38.5 Å². The van der Waals surface area contributed by atoms with Crippen molar-refractivity contribution in [3.63, 3.8) is 0 Å². The average Bonchev–Trinajstić information content (AvgIpc) is 3.32. The van der Waals surface area contributed by atoms with E-state index in [0.717, 1.165) is 50.6 Å². The minimum absolute atomic E-state index is 0.126. The lowest BCUT2D eigenvalue weighted by Crippen LogP contribution is -2.21. The van der Waals surface area contributed by atoms with Gasteiger partial charge in [0.1, 0.15) is 17.6 Å². The summed E-state index contributed by atoms with van der Waals surface area (Å²) >= 11 is 1.86. The van der Waals surface area contributed by atoms with E-state index in [1.54, 1.807) is 0 Å². The molecule has 0 spiro atoms. The molecule has 0 N–H and O–H groups in total. The smallest absolute Gasteiger partial charge is 0.133 e. The van der Waals surface area contributed by atoms with Crippen LogP contribution in [0.15, 0.2) is 53.2 Å². The van der Waals surface area contributed by atoms with E-state index in [9.17, 15) is 0 Å². The number of nitrogens with zero attached hydrogens (tertiary/aromatic N) is 2. The van der Waals surface area contributed by atoms with Gasteiger partial charge in [0.25, 0.3) is 0 Å². The zero-order valence-corrected chi connectivity index (χ0v) is 16.6. The molecule has 1 aliphatic rings. The summed E-state index contributed by atoms with van der Waals surface area (Å²) in [5, 5.41) is 0. The lowest BCUT2D eigenvalue weighted by molar-refractivity contribution is 0.000787. The highest BCUT2D eigenvalue weighted by Gasteiger charge is 2.20. The number of aryl methyl sites for hydroxylation is 1. The Morgan fingerprint density at radius 2 is 1.93 bits per heavy atom. The quantitative estimate of drug-likeness (QED) is 0.542. The van der Waals surface area contributed by atoms with Crippen molar-refractivity contribution in [3.05, 3.63) is 75.6 Å². The Bertz CT molecular complexity index is 837. The zero-order valence-electron chi connectivity index (χ0n) is 15.8. The first-order chi connectivity index (χ1) is 13.3. The average molecular weight is 383 g/mol. The van der Waals surface area contributed by atoms with Gasteiger partial charge >= 0.3 is 0 Å². The first-order valence-electron chi connectivity index (χ1n) is 9.63. The molecule has 1 fully saturated rings. The van der Waals surface area contributed by atoms with E-state index < -0.39 is 0 Å². The number of thiophene rings is 1. The first kappa shape index (κ1) is 18.4. The summed E-state index contributed by atoms with van der Waals surface area (Å²) in [6, 6.07) is 12.8. The van der Waals surface area contributed by atoms with E-state index in [-0.39, 0.29) is 6.10 Å². The third-order valence-corrected chi connectivity index (χ3v) is 5.88. The van der Waals surface area contributed by atoms with Crippen LogP contribution in [0, 0.1) is 6.92 Å². The van der Waals surface area contributed by atoms with E-state index in [4.69, 9.17) is 9.15 Å². The fourth-order valence-corrected chi connectivity index (χ4v) is 4.48. The molecule has 3 aromatic heterocycles. The van der Waals surface area contributed by atoms with Gasteiger partial charge in [0, 0.05) is 41.8 Å². The molecule has 4 heterocycles. The van der Waals surface area contributed by atoms with Gasteiger partial charge in [0.15, 0.2) is 0 Å². The Balaban J connectivity index is 1.47. The van der Waals surface area contributed by atoms with Crippen LogP contribution in [-0.4, -0.2) is 16.5 Å². The van der Waals surface area contributed by atoms with Crippen LogP contribution in [-0.2, 0) is 24.4 Å². The van der Waals surface area contributed by atoms with Crippen molar-refractivity contribution in [2.24, 2.45) is 0 Å². The van der Waals surface area contributed by atoms with Crippen molar-refractivity contribution in [2.75, 3.05) is 6.61 Å². The maximum atomic E-state index is 6.16. The maximum Gasteiger partial charge on any atom is 0.133 e. The molecule has 0 radical (unpaired) electrons. The second-order valence-corrected chi connectivity index (χ2v) is 8.54. The van der Waals surface area contributed by atoms with E-state index in [1.807, 2.05) is 23.7 Å². The number of ether oxygens (including phenoxy) is 1. The molecule has 0 aromatic carbocycles. The summed E-state index contributed by atoms with van der Waals surface area (Å²) in [6.07, 6.45) is 7.27. The fourth-order valence-electron chi connectivity index (χ4n) is 3.54. The Kier molecular flexibility index (Phi) is 6.02. The maximum absolute atomic E-state index is 6.16. The summed E-state index contributed by atoms with van der Waals surface area (Å²) < 4.78 is 12.0. The highest BCUT2D eigenvalue weighted by Crippen LogP contribution is 2.29. The number of hydrogen-bond donors (Lipinski definition) is 0. The van der Waals surface area contributed by atoms with Crippen molar-refractivity contribution < 1.29 is 9.15 Å². The van der Waals surface area contributed by atoms with Crippen molar-refractivity contribution >= 4 is 11.3 Å². The lowest BCUT2D eigenvalue weighted by Gasteiger charge is -2.22. The predicted octanol–water partition coefficient (Wildman–Crippen LogP) is 5.49. The standard InChI is InChI=1S/C22H26N2O2S/c1-17-5-7-20(27-17)16-24(14-18-9-11-23-12-10-18)15-19-6-8-22(26-19)21-4-2-3-13-25-21/h5-12,21H,2-4,13-16H2,1H3/t21-/m1/s1. The van der Waals surface area contributed by atoms with Gasteiger partial charge < -0.3 is 9.15 Å². The van der Waals surface area contributed by atoms with Crippen molar-refractivity contribution in [1.29, 1.82) is 0 Å². The van der Waals surface area contributed by atoms with Crippen LogP contribution in [0.3, 0.4) is 0 Å². The van der Waals surface area contributed by atoms with Crippen LogP contribution >= 0.6 is 11.3 Å². The van der Waals surface area contributed by atoms with Crippen molar-refractivity contribution in [1.82, 2.24) is 9.88 Å². The molecule has 0 saturated carbocycles. The second-order valence-electron chi connectivity index (χ2n) is 7.17. The SMILES string of the molecule is Cc1ccc(CN(Cc2ccncc2)Cc2ccc([C@H]3CCCCO3)o2)s1. The molecule has 5 heteroatoms. The third-order valence-electron chi connectivity index (χ3n) is 4.89. The van der Waals surface area contributed by atoms with Gasteiger partial charge in [-0.1, -0.05) is 0 Å². The minimum Gasteiger partial charge on any atom is -0.462 e. The van der Waals surface area contributed by atoms with E-state index in [1.165, 1.54) is 21.7 Å². The monoisotopic (exact) mass is 382 g/mol. The summed E-state index contributed by atoms with van der Waals surface area (Å²) in [5.74, 6) is 1.97. The number of furan rings is 1. The van der Waals surface area contributed by atoms with Gasteiger partial charge in [-0.05, 0) is 68.1 Å². The van der Waals surface area contributed by atoms with Crippen LogP contribution in [0.1, 0.15) is 52.2 Å². The summed E-state index contributed by atoms with van der Waals surface area (Å²) in [5.41, 5.74) is 1.26. The first-order valence-corrected chi connectivity index (χ1v) is 10.4. The largest absolute Gasteiger partial charge is 0.462 e. The molecule has 4 rings (SSSR count). The lowest BCUT2D eigenvalue weighted by atomic mass is 10.1. The van der Waals surface area contributed by atoms with Gasteiger partial charge in [-0.3, -0.25) is 9.88 Å². The molecular formula is C22H26N2O2S. The molecule has 0 amide bonds. The predicted molar refractivity (Wildman–Crippen MR) is 107 cm³/mol. The normalized spacial score (nSPS) is 17.5. The fraction of sp³-hybridized carbons (Fsp3) is 0.409. The Hall–Kier alpha value is -1.95. The molecule has 27 heavy (non-hydrogen) atoms. The Labute approximate surface area is 164 Å². The van der Waals surface area contributed by atoms with Crippen molar-refractivity contribution in [2.45, 2.75) is 51.9 Å².